The second-order valence-electron chi connectivity index (χ2n) is 4.21. The third kappa shape index (κ3) is 3.76. The van der Waals surface area contributed by atoms with Gasteiger partial charge in [0.1, 0.15) is 5.54 Å². The van der Waals surface area contributed by atoms with Crippen LogP contribution in [0.3, 0.4) is 0 Å². The molecule has 100 valence electrons. The maximum Gasteiger partial charge on any atom is 0.271 e. The van der Waals surface area contributed by atoms with Crippen molar-refractivity contribution in [3.63, 3.8) is 0 Å². The topological polar surface area (TPSA) is 96.0 Å². The van der Waals surface area contributed by atoms with E-state index in [0.717, 1.165) is 0 Å². The lowest BCUT2D eigenvalue weighted by Crippen LogP contribution is -2.44. The Morgan fingerprint density at radius 3 is 2.68 bits per heavy atom. The van der Waals surface area contributed by atoms with E-state index in [2.05, 4.69) is 21.2 Å². The molecule has 1 rings (SSSR count). The highest BCUT2D eigenvalue weighted by Gasteiger charge is 2.25. The second kappa shape index (κ2) is 5.80. The highest BCUT2D eigenvalue weighted by atomic mass is 79.9. The van der Waals surface area contributed by atoms with Crippen molar-refractivity contribution in [3.8, 4) is 6.07 Å². The zero-order chi connectivity index (χ0) is 14.6. The molecule has 1 N–H and O–H groups in total. The summed E-state index contributed by atoms with van der Waals surface area (Å²) in [6, 6.07) is 5.95. The SMILES string of the molecule is CCC(C)(C#N)NC(=O)c1cc(Br)cc([N+](=O)[O-])c1. The third-order valence-corrected chi connectivity index (χ3v) is 3.16. The van der Waals surface area contributed by atoms with Crippen LogP contribution in [0.5, 0.6) is 0 Å². The quantitative estimate of drug-likeness (QED) is 0.680. The molecule has 1 aromatic carbocycles. The van der Waals surface area contributed by atoms with Crippen LogP contribution in [0.25, 0.3) is 0 Å². The van der Waals surface area contributed by atoms with Gasteiger partial charge in [-0.25, -0.2) is 0 Å². The number of carbonyl (C=O) groups excluding carboxylic acids is 1. The predicted molar refractivity (Wildman–Crippen MR) is 72.6 cm³/mol. The Hall–Kier alpha value is -1.94. The van der Waals surface area contributed by atoms with Gasteiger partial charge in [-0.05, 0) is 19.4 Å². The Labute approximate surface area is 118 Å². The highest BCUT2D eigenvalue weighted by Crippen LogP contribution is 2.22. The maximum absolute atomic E-state index is 12.0. The van der Waals surface area contributed by atoms with E-state index in [1.165, 1.54) is 18.2 Å². The molecule has 6 nitrogen and oxygen atoms in total. The molecule has 0 bridgehead atoms. The molecule has 0 saturated carbocycles. The molecule has 0 spiro atoms. The number of halogens is 1. The third-order valence-electron chi connectivity index (χ3n) is 2.70. The lowest BCUT2D eigenvalue weighted by Gasteiger charge is -2.21. The molecule has 0 aliphatic rings. The molecule has 0 heterocycles. The number of benzene rings is 1. The standard InChI is InChI=1S/C12H12BrN3O3/c1-3-12(2,7-14)15-11(17)8-4-9(13)6-10(5-8)16(18)19/h4-6H,3H2,1-2H3,(H,15,17). The summed E-state index contributed by atoms with van der Waals surface area (Å²) in [6.45, 7) is 3.37. The first-order valence-electron chi connectivity index (χ1n) is 5.50. The minimum absolute atomic E-state index is 0.135. The van der Waals surface area contributed by atoms with Crippen molar-refractivity contribution in [3.05, 3.63) is 38.3 Å². The number of non-ortho nitro benzene ring substituents is 1. The number of nitro benzene ring substituents is 1. The largest absolute Gasteiger partial charge is 0.334 e. The van der Waals surface area contributed by atoms with Crippen LogP contribution >= 0.6 is 15.9 Å². The molecule has 1 amide bonds. The van der Waals surface area contributed by atoms with Crippen LogP contribution in [0.2, 0.25) is 0 Å². The summed E-state index contributed by atoms with van der Waals surface area (Å²) in [7, 11) is 0. The van der Waals surface area contributed by atoms with Gasteiger partial charge >= 0.3 is 0 Å². The first kappa shape index (κ1) is 15.1. The van der Waals surface area contributed by atoms with E-state index < -0.39 is 16.4 Å². The molecule has 1 unspecified atom stereocenters. The number of carbonyl (C=O) groups is 1. The lowest BCUT2D eigenvalue weighted by molar-refractivity contribution is -0.385. The molecule has 0 aliphatic heterocycles. The van der Waals surface area contributed by atoms with Gasteiger partial charge in [-0.15, -0.1) is 0 Å². The monoisotopic (exact) mass is 325 g/mol. The van der Waals surface area contributed by atoms with Crippen LogP contribution in [0.4, 0.5) is 5.69 Å². The van der Waals surface area contributed by atoms with Gasteiger partial charge < -0.3 is 5.32 Å². The predicted octanol–water partition coefficient (Wildman–Crippen LogP) is 2.78. The van der Waals surface area contributed by atoms with Crippen molar-refractivity contribution in [2.75, 3.05) is 0 Å². The molecule has 0 saturated heterocycles. The molecule has 0 aliphatic carbocycles. The summed E-state index contributed by atoms with van der Waals surface area (Å²) in [6.07, 6.45) is 0.436. The van der Waals surface area contributed by atoms with Crippen LogP contribution in [-0.4, -0.2) is 16.4 Å². The van der Waals surface area contributed by atoms with Crippen LogP contribution in [0, 0.1) is 21.4 Å². The van der Waals surface area contributed by atoms with E-state index in [9.17, 15) is 14.9 Å². The first-order chi connectivity index (χ1) is 8.81. The average molecular weight is 326 g/mol. The van der Waals surface area contributed by atoms with Crippen molar-refractivity contribution in [2.45, 2.75) is 25.8 Å². The van der Waals surface area contributed by atoms with Crippen LogP contribution in [0.15, 0.2) is 22.7 Å². The number of rotatable bonds is 4. The molecule has 0 radical (unpaired) electrons. The van der Waals surface area contributed by atoms with Crippen LogP contribution in [-0.2, 0) is 0 Å². The Morgan fingerprint density at radius 1 is 1.58 bits per heavy atom. The van der Waals surface area contributed by atoms with E-state index >= 15 is 0 Å². The summed E-state index contributed by atoms with van der Waals surface area (Å²) in [5.41, 5.74) is -1.04. The van der Waals surface area contributed by atoms with Gasteiger partial charge in [0.2, 0.25) is 0 Å². The molecule has 19 heavy (non-hydrogen) atoms. The fourth-order valence-corrected chi connectivity index (χ4v) is 1.81. The van der Waals surface area contributed by atoms with Crippen molar-refractivity contribution in [1.82, 2.24) is 5.32 Å². The molecule has 0 fully saturated rings. The van der Waals surface area contributed by atoms with Crippen molar-refractivity contribution in [2.24, 2.45) is 0 Å². The number of hydrogen-bond donors (Lipinski definition) is 1. The Bertz CT molecular complexity index is 568. The summed E-state index contributed by atoms with van der Waals surface area (Å²) >= 11 is 3.11. The molecule has 1 aromatic rings. The number of nitro groups is 1. The zero-order valence-corrected chi connectivity index (χ0v) is 12.0. The average Bonchev–Trinajstić information content (AvgIpc) is 2.37. The molecule has 7 heteroatoms. The Morgan fingerprint density at radius 2 is 2.21 bits per heavy atom. The number of nitriles is 1. The van der Waals surface area contributed by atoms with Crippen LogP contribution in [0.1, 0.15) is 30.6 Å². The van der Waals surface area contributed by atoms with E-state index in [4.69, 9.17) is 5.26 Å². The van der Waals surface area contributed by atoms with Gasteiger partial charge in [0.05, 0.1) is 11.0 Å². The summed E-state index contributed by atoms with van der Waals surface area (Å²) in [5, 5.41) is 22.3. The smallest absolute Gasteiger partial charge is 0.271 e. The Balaban J connectivity index is 3.08. The lowest BCUT2D eigenvalue weighted by atomic mass is 10.0. The molecular formula is C12H12BrN3O3. The molecule has 0 aromatic heterocycles. The Kier molecular flexibility index (Phi) is 4.62. The zero-order valence-electron chi connectivity index (χ0n) is 10.4. The minimum Gasteiger partial charge on any atom is -0.334 e. The maximum atomic E-state index is 12.0. The first-order valence-corrected chi connectivity index (χ1v) is 6.29. The summed E-state index contributed by atoms with van der Waals surface area (Å²) in [4.78, 5) is 22.1. The van der Waals surface area contributed by atoms with Crippen molar-refractivity contribution in [1.29, 1.82) is 5.26 Å². The number of nitrogens with zero attached hydrogens (tertiary/aromatic N) is 2. The molecular weight excluding hydrogens is 314 g/mol. The normalized spacial score (nSPS) is 13.2. The van der Waals surface area contributed by atoms with Gasteiger partial charge in [-0.2, -0.15) is 5.26 Å². The van der Waals surface area contributed by atoms with E-state index in [-0.39, 0.29) is 11.3 Å². The van der Waals surface area contributed by atoms with Gasteiger partial charge in [0.25, 0.3) is 11.6 Å². The fourth-order valence-electron chi connectivity index (χ4n) is 1.33. The van der Waals surface area contributed by atoms with E-state index in [1.54, 1.807) is 13.8 Å². The fraction of sp³-hybridized carbons (Fsp3) is 0.333. The number of hydrogen-bond acceptors (Lipinski definition) is 4. The van der Waals surface area contributed by atoms with Gasteiger partial charge in [0.15, 0.2) is 0 Å². The molecule has 1 atom stereocenters. The minimum atomic E-state index is -0.992. The van der Waals surface area contributed by atoms with E-state index in [0.29, 0.717) is 10.9 Å². The number of nitrogens with one attached hydrogen (secondary N) is 1. The van der Waals surface area contributed by atoms with Gasteiger partial charge in [-0.3, -0.25) is 14.9 Å². The van der Waals surface area contributed by atoms with Crippen molar-refractivity contribution >= 4 is 27.5 Å². The van der Waals surface area contributed by atoms with Crippen molar-refractivity contribution < 1.29 is 9.72 Å². The van der Waals surface area contributed by atoms with Gasteiger partial charge in [0, 0.05) is 22.2 Å². The summed E-state index contributed by atoms with van der Waals surface area (Å²) in [5.74, 6) is -0.518. The number of amides is 1. The van der Waals surface area contributed by atoms with Crippen LogP contribution < -0.4 is 5.32 Å². The van der Waals surface area contributed by atoms with E-state index in [1.807, 2.05) is 6.07 Å². The second-order valence-corrected chi connectivity index (χ2v) is 5.12. The highest BCUT2D eigenvalue weighted by molar-refractivity contribution is 9.10. The van der Waals surface area contributed by atoms with Gasteiger partial charge in [-0.1, -0.05) is 22.9 Å². The summed E-state index contributed by atoms with van der Waals surface area (Å²) < 4.78 is 0.432.